The number of aryl methyl sites for hydroxylation is 2. The Morgan fingerprint density at radius 1 is 1.14 bits per heavy atom. The van der Waals surface area contributed by atoms with Gasteiger partial charge in [0.2, 0.25) is 0 Å². The van der Waals surface area contributed by atoms with Gasteiger partial charge < -0.3 is 0 Å². The third kappa shape index (κ3) is 3.76. The molecule has 4 rings (SSSR count). The van der Waals surface area contributed by atoms with E-state index in [1.165, 1.54) is 47.4 Å². The van der Waals surface area contributed by atoms with E-state index in [0.717, 1.165) is 30.2 Å². The molecule has 0 fully saturated rings. The number of aromatic nitrogens is 1. The quantitative estimate of drug-likeness (QED) is 0.451. The number of amides is 1. The van der Waals surface area contributed by atoms with Crippen LogP contribution in [0.15, 0.2) is 41.8 Å². The Labute approximate surface area is 170 Å². The van der Waals surface area contributed by atoms with Crippen molar-refractivity contribution in [2.45, 2.75) is 25.7 Å². The van der Waals surface area contributed by atoms with Crippen LogP contribution in [0.5, 0.6) is 0 Å². The summed E-state index contributed by atoms with van der Waals surface area (Å²) in [6, 6.07) is 10.4. The molecule has 1 amide bonds. The number of carbonyl (C=O) groups excluding carboxylic acids is 1. The lowest BCUT2D eigenvalue weighted by atomic mass is 9.90. The second-order valence-electron chi connectivity index (χ2n) is 6.61. The van der Waals surface area contributed by atoms with Gasteiger partial charge in [-0.1, -0.05) is 23.7 Å². The van der Waals surface area contributed by atoms with Crippen LogP contribution in [0.3, 0.4) is 0 Å². The molecule has 0 unspecified atom stereocenters. The summed E-state index contributed by atoms with van der Waals surface area (Å²) in [6.07, 6.45) is 4.66. The lowest BCUT2D eigenvalue weighted by Crippen LogP contribution is -2.12. The molecular formula is C20H16ClN3O3S. The molecule has 6 nitrogen and oxygen atoms in total. The van der Waals surface area contributed by atoms with Crippen LogP contribution in [-0.4, -0.2) is 15.8 Å². The van der Waals surface area contributed by atoms with Gasteiger partial charge in [-0.2, -0.15) is 0 Å². The second-order valence-corrected chi connectivity index (χ2v) is 7.87. The van der Waals surface area contributed by atoms with Crippen molar-refractivity contribution >= 4 is 39.7 Å². The number of nitrogens with zero attached hydrogens (tertiary/aromatic N) is 2. The highest BCUT2D eigenvalue weighted by molar-refractivity contribution is 7.14. The van der Waals surface area contributed by atoms with Gasteiger partial charge in [-0.15, -0.1) is 11.3 Å². The number of nitrogens with one attached hydrogen (secondary N) is 1. The number of halogens is 1. The van der Waals surface area contributed by atoms with E-state index in [-0.39, 0.29) is 16.3 Å². The third-order valence-corrected chi connectivity index (χ3v) is 5.85. The van der Waals surface area contributed by atoms with Crippen LogP contribution >= 0.6 is 22.9 Å². The molecule has 0 spiro atoms. The zero-order chi connectivity index (χ0) is 19.7. The molecule has 1 N–H and O–H groups in total. The van der Waals surface area contributed by atoms with Gasteiger partial charge in [-0.25, -0.2) is 4.98 Å². The molecule has 1 heterocycles. The molecule has 142 valence electrons. The molecule has 0 saturated heterocycles. The van der Waals surface area contributed by atoms with Crippen molar-refractivity contribution in [1.29, 1.82) is 0 Å². The number of benzene rings is 2. The van der Waals surface area contributed by atoms with Gasteiger partial charge in [-0.05, 0) is 55.0 Å². The maximum atomic E-state index is 12.4. The Balaban J connectivity index is 1.53. The van der Waals surface area contributed by atoms with Crippen molar-refractivity contribution in [1.82, 2.24) is 4.98 Å². The predicted molar refractivity (Wildman–Crippen MR) is 110 cm³/mol. The fraction of sp³-hybridized carbons (Fsp3) is 0.200. The first-order valence-corrected chi connectivity index (χ1v) is 10.1. The minimum absolute atomic E-state index is 0.00880. The van der Waals surface area contributed by atoms with Gasteiger partial charge in [0, 0.05) is 22.6 Å². The van der Waals surface area contributed by atoms with Gasteiger partial charge in [-0.3, -0.25) is 20.2 Å². The first-order chi connectivity index (χ1) is 13.5. The average molecular weight is 414 g/mol. The maximum absolute atomic E-state index is 12.4. The highest BCUT2D eigenvalue weighted by Gasteiger charge is 2.18. The summed E-state index contributed by atoms with van der Waals surface area (Å²) in [7, 11) is 0. The molecule has 28 heavy (non-hydrogen) atoms. The molecule has 0 radical (unpaired) electrons. The molecule has 2 aromatic carbocycles. The van der Waals surface area contributed by atoms with Crippen LogP contribution in [0.2, 0.25) is 5.02 Å². The molecule has 3 aromatic rings. The minimum atomic E-state index is -0.614. The fourth-order valence-corrected chi connectivity index (χ4v) is 4.22. The summed E-state index contributed by atoms with van der Waals surface area (Å²) in [5.74, 6) is -0.467. The number of rotatable bonds is 4. The van der Waals surface area contributed by atoms with Crippen LogP contribution in [0.1, 0.15) is 34.3 Å². The van der Waals surface area contributed by atoms with E-state index >= 15 is 0 Å². The molecule has 8 heteroatoms. The first-order valence-electron chi connectivity index (χ1n) is 8.84. The third-order valence-electron chi connectivity index (χ3n) is 4.77. The van der Waals surface area contributed by atoms with Gasteiger partial charge in [0.05, 0.1) is 10.6 Å². The van der Waals surface area contributed by atoms with Crippen LogP contribution < -0.4 is 5.32 Å². The zero-order valence-corrected chi connectivity index (χ0v) is 16.3. The molecule has 1 aromatic heterocycles. The van der Waals surface area contributed by atoms with Crippen molar-refractivity contribution in [3.05, 3.63) is 73.6 Å². The number of hydrogen-bond donors (Lipinski definition) is 1. The van der Waals surface area contributed by atoms with E-state index in [2.05, 4.69) is 28.5 Å². The van der Waals surface area contributed by atoms with E-state index in [0.29, 0.717) is 5.13 Å². The second kappa shape index (κ2) is 7.69. The summed E-state index contributed by atoms with van der Waals surface area (Å²) >= 11 is 7.11. The molecule has 1 aliphatic carbocycles. The Morgan fingerprint density at radius 2 is 1.93 bits per heavy atom. The van der Waals surface area contributed by atoms with E-state index in [9.17, 15) is 14.9 Å². The largest absolute Gasteiger partial charge is 0.298 e. The Kier molecular flexibility index (Phi) is 5.11. The van der Waals surface area contributed by atoms with E-state index in [1.54, 1.807) is 0 Å². The van der Waals surface area contributed by atoms with Gasteiger partial charge >= 0.3 is 0 Å². The lowest BCUT2D eigenvalue weighted by Gasteiger charge is -2.16. The minimum Gasteiger partial charge on any atom is -0.298 e. The van der Waals surface area contributed by atoms with Crippen LogP contribution in [-0.2, 0) is 12.8 Å². The van der Waals surface area contributed by atoms with E-state index < -0.39 is 10.8 Å². The highest BCUT2D eigenvalue weighted by atomic mass is 35.5. The summed E-state index contributed by atoms with van der Waals surface area (Å²) < 4.78 is 0. The van der Waals surface area contributed by atoms with Gasteiger partial charge in [0.15, 0.2) is 5.13 Å². The van der Waals surface area contributed by atoms with Crippen molar-refractivity contribution in [3.8, 4) is 11.3 Å². The zero-order valence-electron chi connectivity index (χ0n) is 14.8. The molecular weight excluding hydrogens is 398 g/mol. The van der Waals surface area contributed by atoms with Crippen LogP contribution in [0.4, 0.5) is 10.8 Å². The number of nitro groups is 1. The summed E-state index contributed by atoms with van der Waals surface area (Å²) in [4.78, 5) is 27.3. The molecule has 0 atom stereocenters. The smallest absolute Gasteiger partial charge is 0.288 e. The normalized spacial score (nSPS) is 13.0. The van der Waals surface area contributed by atoms with Crippen molar-refractivity contribution in [3.63, 3.8) is 0 Å². The Morgan fingerprint density at radius 3 is 2.71 bits per heavy atom. The van der Waals surface area contributed by atoms with Gasteiger partial charge in [0.1, 0.15) is 5.02 Å². The topological polar surface area (TPSA) is 85.1 Å². The first kappa shape index (κ1) is 18.6. The average Bonchev–Trinajstić information content (AvgIpc) is 3.16. The van der Waals surface area contributed by atoms with Crippen molar-refractivity contribution < 1.29 is 9.72 Å². The summed E-state index contributed by atoms with van der Waals surface area (Å²) in [6.45, 7) is 0. The van der Waals surface area contributed by atoms with E-state index in [1.807, 2.05) is 5.38 Å². The summed E-state index contributed by atoms with van der Waals surface area (Å²) in [5.41, 5.74) is 4.46. The standard InChI is InChI=1S/C20H16ClN3O3S/c21-16-8-7-15(10-18(16)24(26)27)19(25)23-20-22-17(11-28-20)14-6-5-12-3-1-2-4-13(12)9-14/h5-11H,1-4H2,(H,22,23,25). The number of nitro benzene ring substituents is 1. The van der Waals surface area contributed by atoms with Crippen molar-refractivity contribution in [2.75, 3.05) is 5.32 Å². The number of anilines is 1. The number of fused-ring (bicyclic) bond motifs is 1. The van der Waals surface area contributed by atoms with Crippen LogP contribution in [0.25, 0.3) is 11.3 Å². The number of hydrogen-bond acceptors (Lipinski definition) is 5. The predicted octanol–water partition coefficient (Wildman–Crippen LogP) is 5.50. The Hall–Kier alpha value is -2.77. The number of carbonyl (C=O) groups is 1. The monoisotopic (exact) mass is 413 g/mol. The Bertz CT molecular complexity index is 1080. The van der Waals surface area contributed by atoms with Crippen molar-refractivity contribution in [2.24, 2.45) is 0 Å². The number of thiazole rings is 1. The SMILES string of the molecule is O=C(Nc1nc(-c2ccc3c(c2)CCCC3)cs1)c1ccc(Cl)c([N+](=O)[O-])c1. The molecule has 0 bridgehead atoms. The fourth-order valence-electron chi connectivity index (χ4n) is 3.32. The molecule has 1 aliphatic rings. The highest BCUT2D eigenvalue weighted by Crippen LogP contribution is 2.30. The molecule has 0 saturated carbocycles. The molecule has 0 aliphatic heterocycles. The van der Waals surface area contributed by atoms with Gasteiger partial charge in [0.25, 0.3) is 11.6 Å². The maximum Gasteiger partial charge on any atom is 0.288 e. The lowest BCUT2D eigenvalue weighted by molar-refractivity contribution is -0.384. The van der Waals surface area contributed by atoms with Crippen LogP contribution in [0, 0.1) is 10.1 Å². The summed E-state index contributed by atoms with van der Waals surface area (Å²) in [5, 5.41) is 16.0. The van der Waals surface area contributed by atoms with E-state index in [4.69, 9.17) is 11.6 Å².